The monoisotopic (exact) mass is 332 g/mol. The van der Waals surface area contributed by atoms with Crippen molar-refractivity contribution in [2.75, 3.05) is 7.05 Å². The highest BCUT2D eigenvalue weighted by Gasteiger charge is 2.12. The van der Waals surface area contributed by atoms with Gasteiger partial charge in [0, 0.05) is 30.5 Å². The number of pyridine rings is 1. The first-order valence-electron chi connectivity index (χ1n) is 6.54. The molecule has 2 rings (SSSR count). The van der Waals surface area contributed by atoms with Crippen LogP contribution >= 0.6 is 15.9 Å². The smallest absolute Gasteiger partial charge is 0.255 e. The van der Waals surface area contributed by atoms with E-state index in [2.05, 4.69) is 52.1 Å². The molecule has 0 spiro atoms. The Balaban J connectivity index is 2.07. The molecule has 104 valence electrons. The summed E-state index contributed by atoms with van der Waals surface area (Å²) in [5.41, 5.74) is 3.02. The van der Waals surface area contributed by atoms with Crippen molar-refractivity contribution in [3.05, 3.63) is 63.9 Å². The quantitative estimate of drug-likeness (QED) is 0.855. The number of benzene rings is 1. The predicted molar refractivity (Wildman–Crippen MR) is 83.6 cm³/mol. The highest BCUT2D eigenvalue weighted by atomic mass is 79.9. The summed E-state index contributed by atoms with van der Waals surface area (Å²) in [6, 6.07) is 10.1. The molecule has 0 aliphatic carbocycles. The van der Waals surface area contributed by atoms with Gasteiger partial charge in [-0.05, 0) is 39.5 Å². The Morgan fingerprint density at radius 2 is 1.85 bits per heavy atom. The molecular weight excluding hydrogens is 316 g/mol. The summed E-state index contributed by atoms with van der Waals surface area (Å²) in [4.78, 5) is 18.0. The van der Waals surface area contributed by atoms with Crippen LogP contribution in [0.2, 0.25) is 0 Å². The number of nitrogens with zero attached hydrogens (tertiary/aromatic N) is 2. The van der Waals surface area contributed by atoms with Gasteiger partial charge in [0.25, 0.3) is 5.91 Å². The molecule has 0 saturated heterocycles. The van der Waals surface area contributed by atoms with E-state index in [0.717, 1.165) is 16.5 Å². The number of carbonyl (C=O) groups is 1. The molecule has 1 heterocycles. The number of halogens is 1. The Morgan fingerprint density at radius 3 is 2.45 bits per heavy atom. The normalized spacial score (nSPS) is 10.3. The van der Waals surface area contributed by atoms with Crippen LogP contribution < -0.4 is 0 Å². The summed E-state index contributed by atoms with van der Waals surface area (Å²) >= 11 is 3.33. The number of hydrogen-bond acceptors (Lipinski definition) is 2. The molecule has 0 aliphatic heterocycles. The Bertz CT molecular complexity index is 596. The lowest BCUT2D eigenvalue weighted by atomic mass is 10.1. The molecule has 1 aromatic carbocycles. The minimum Gasteiger partial charge on any atom is -0.337 e. The van der Waals surface area contributed by atoms with E-state index < -0.39 is 0 Å². The Morgan fingerprint density at radius 1 is 1.20 bits per heavy atom. The van der Waals surface area contributed by atoms with Crippen LogP contribution in [-0.2, 0) is 13.0 Å². The van der Waals surface area contributed by atoms with Crippen molar-refractivity contribution < 1.29 is 4.79 Å². The van der Waals surface area contributed by atoms with Crippen LogP contribution in [0.1, 0.15) is 28.4 Å². The van der Waals surface area contributed by atoms with E-state index in [1.807, 2.05) is 0 Å². The zero-order valence-electron chi connectivity index (χ0n) is 11.6. The molecule has 2 aromatic rings. The number of carbonyl (C=O) groups excluding carboxylic acids is 1. The largest absolute Gasteiger partial charge is 0.337 e. The Kier molecular flexibility index (Phi) is 4.90. The van der Waals surface area contributed by atoms with Gasteiger partial charge in [-0.25, -0.2) is 0 Å². The molecule has 0 aliphatic rings. The van der Waals surface area contributed by atoms with Crippen molar-refractivity contribution in [3.8, 4) is 0 Å². The number of rotatable bonds is 4. The van der Waals surface area contributed by atoms with Gasteiger partial charge in [0.1, 0.15) is 0 Å². The summed E-state index contributed by atoms with van der Waals surface area (Å²) in [5, 5.41) is 0. The Labute approximate surface area is 127 Å². The van der Waals surface area contributed by atoms with Gasteiger partial charge >= 0.3 is 0 Å². The van der Waals surface area contributed by atoms with Gasteiger partial charge in [-0.3, -0.25) is 9.78 Å². The molecule has 3 nitrogen and oxygen atoms in total. The fourth-order valence-corrected chi connectivity index (χ4v) is 2.34. The maximum atomic E-state index is 12.3. The number of aryl methyl sites for hydroxylation is 1. The highest BCUT2D eigenvalue weighted by Crippen LogP contribution is 2.13. The van der Waals surface area contributed by atoms with Crippen LogP contribution in [0.5, 0.6) is 0 Å². The third-order valence-electron chi connectivity index (χ3n) is 3.15. The zero-order valence-corrected chi connectivity index (χ0v) is 13.2. The van der Waals surface area contributed by atoms with Gasteiger partial charge < -0.3 is 4.90 Å². The van der Waals surface area contributed by atoms with Crippen LogP contribution in [0.3, 0.4) is 0 Å². The first-order valence-corrected chi connectivity index (χ1v) is 7.33. The lowest BCUT2D eigenvalue weighted by molar-refractivity contribution is 0.0784. The maximum Gasteiger partial charge on any atom is 0.255 e. The van der Waals surface area contributed by atoms with Crippen molar-refractivity contribution in [3.63, 3.8) is 0 Å². The predicted octanol–water partition coefficient (Wildman–Crippen LogP) is 3.68. The molecule has 0 saturated carbocycles. The molecule has 0 unspecified atom stereocenters. The van der Waals surface area contributed by atoms with E-state index in [4.69, 9.17) is 0 Å². The molecule has 0 atom stereocenters. The van der Waals surface area contributed by atoms with E-state index in [-0.39, 0.29) is 5.91 Å². The molecular formula is C16H17BrN2O. The second kappa shape index (κ2) is 6.66. The first-order chi connectivity index (χ1) is 9.60. The highest BCUT2D eigenvalue weighted by molar-refractivity contribution is 9.10. The zero-order chi connectivity index (χ0) is 14.5. The maximum absolute atomic E-state index is 12.3. The molecule has 1 aromatic heterocycles. The van der Waals surface area contributed by atoms with Crippen LogP contribution in [-0.4, -0.2) is 22.8 Å². The second-order valence-corrected chi connectivity index (χ2v) is 5.64. The summed E-state index contributed by atoms with van der Waals surface area (Å²) in [7, 11) is 1.80. The third-order valence-corrected chi connectivity index (χ3v) is 3.58. The van der Waals surface area contributed by atoms with Gasteiger partial charge in [0.15, 0.2) is 0 Å². The average molecular weight is 333 g/mol. The van der Waals surface area contributed by atoms with Gasteiger partial charge in [-0.1, -0.05) is 31.2 Å². The van der Waals surface area contributed by atoms with Crippen molar-refractivity contribution in [2.45, 2.75) is 19.9 Å². The lowest BCUT2D eigenvalue weighted by Gasteiger charge is -2.17. The summed E-state index contributed by atoms with van der Waals surface area (Å²) in [5.74, 6) is -0.0293. The number of aromatic nitrogens is 1. The molecule has 4 heteroatoms. The van der Waals surface area contributed by atoms with E-state index in [1.54, 1.807) is 30.4 Å². The van der Waals surface area contributed by atoms with Gasteiger partial charge in [0.05, 0.1) is 5.56 Å². The molecule has 0 radical (unpaired) electrons. The minimum atomic E-state index is -0.0293. The summed E-state index contributed by atoms with van der Waals surface area (Å²) < 4.78 is 0.809. The van der Waals surface area contributed by atoms with Gasteiger partial charge in [-0.15, -0.1) is 0 Å². The van der Waals surface area contributed by atoms with Crippen LogP contribution in [0, 0.1) is 0 Å². The van der Waals surface area contributed by atoms with E-state index >= 15 is 0 Å². The van der Waals surface area contributed by atoms with E-state index in [9.17, 15) is 4.79 Å². The molecule has 1 amide bonds. The fraction of sp³-hybridized carbons (Fsp3) is 0.250. The van der Waals surface area contributed by atoms with Crippen LogP contribution in [0.25, 0.3) is 0 Å². The van der Waals surface area contributed by atoms with Crippen molar-refractivity contribution in [1.29, 1.82) is 0 Å². The average Bonchev–Trinajstić information content (AvgIpc) is 2.47. The van der Waals surface area contributed by atoms with Crippen molar-refractivity contribution >= 4 is 21.8 Å². The topological polar surface area (TPSA) is 33.2 Å². The fourth-order valence-electron chi connectivity index (χ4n) is 1.98. The van der Waals surface area contributed by atoms with Crippen molar-refractivity contribution in [1.82, 2.24) is 9.88 Å². The lowest BCUT2D eigenvalue weighted by Crippen LogP contribution is -2.26. The second-order valence-electron chi connectivity index (χ2n) is 4.72. The van der Waals surface area contributed by atoms with Gasteiger partial charge in [0.2, 0.25) is 0 Å². The van der Waals surface area contributed by atoms with Crippen molar-refractivity contribution in [2.24, 2.45) is 0 Å². The number of hydrogen-bond donors (Lipinski definition) is 0. The molecule has 0 fully saturated rings. The van der Waals surface area contributed by atoms with Crippen LogP contribution in [0.15, 0.2) is 47.2 Å². The van der Waals surface area contributed by atoms with Crippen LogP contribution in [0.4, 0.5) is 0 Å². The van der Waals surface area contributed by atoms with E-state index in [0.29, 0.717) is 12.1 Å². The first kappa shape index (κ1) is 14.7. The Hall–Kier alpha value is -1.68. The van der Waals surface area contributed by atoms with E-state index in [1.165, 1.54) is 5.56 Å². The molecule has 20 heavy (non-hydrogen) atoms. The minimum absolute atomic E-state index is 0.0293. The third kappa shape index (κ3) is 3.67. The van der Waals surface area contributed by atoms with Gasteiger partial charge in [-0.2, -0.15) is 0 Å². The SMILES string of the molecule is CCc1ccc(CN(C)C(=O)c2cncc(Br)c2)cc1. The molecule has 0 N–H and O–H groups in total. The standard InChI is InChI=1S/C16H17BrN2O/c1-3-12-4-6-13(7-5-12)11-19(2)16(20)14-8-15(17)10-18-9-14/h4-10H,3,11H2,1-2H3. The summed E-state index contributed by atoms with van der Waals surface area (Å²) in [6.07, 6.45) is 4.28. The summed E-state index contributed by atoms with van der Waals surface area (Å²) in [6.45, 7) is 2.72. The number of amides is 1. The molecule has 0 bridgehead atoms.